The highest BCUT2D eigenvalue weighted by Gasteiger charge is 2.15. The van der Waals surface area contributed by atoms with Crippen molar-refractivity contribution >= 4 is 15.6 Å². The Hall–Kier alpha value is -0.420. The molecule has 18 heavy (non-hydrogen) atoms. The lowest BCUT2D eigenvalue weighted by atomic mass is 10.0. The van der Waals surface area contributed by atoms with Gasteiger partial charge in [0, 0.05) is 12.7 Å². The first-order chi connectivity index (χ1) is 8.37. The molecule has 108 valence electrons. The molecule has 0 bridgehead atoms. The molecule has 0 aliphatic rings. The van der Waals surface area contributed by atoms with Gasteiger partial charge in [-0.3, -0.25) is 4.79 Å². The maximum absolute atomic E-state index is 11.6. The van der Waals surface area contributed by atoms with Gasteiger partial charge in [0.1, 0.15) is 15.6 Å². The Morgan fingerprint density at radius 2 is 1.67 bits per heavy atom. The lowest BCUT2D eigenvalue weighted by Gasteiger charge is -2.09. The summed E-state index contributed by atoms with van der Waals surface area (Å²) in [5.41, 5.74) is 5.67. The van der Waals surface area contributed by atoms with Gasteiger partial charge < -0.3 is 5.73 Å². The minimum Gasteiger partial charge on any atom is -0.321 e. The van der Waals surface area contributed by atoms with E-state index < -0.39 is 15.9 Å². The van der Waals surface area contributed by atoms with Crippen LogP contribution in [0.3, 0.4) is 0 Å². The molecular weight excluding hydrogens is 250 g/mol. The molecule has 2 N–H and O–H groups in total. The number of carbonyl (C=O) groups is 1. The second kappa shape index (κ2) is 9.50. The van der Waals surface area contributed by atoms with Crippen LogP contribution in [0, 0.1) is 0 Å². The molecule has 0 spiro atoms. The van der Waals surface area contributed by atoms with E-state index in [0.717, 1.165) is 19.1 Å². The highest BCUT2D eigenvalue weighted by Crippen LogP contribution is 2.08. The first-order valence-electron chi connectivity index (χ1n) is 6.83. The molecule has 0 saturated carbocycles. The van der Waals surface area contributed by atoms with Crippen molar-refractivity contribution in [2.45, 2.75) is 64.3 Å². The first-order valence-corrected chi connectivity index (χ1v) is 8.89. The number of hydrogen-bond donors (Lipinski definition) is 1. The van der Waals surface area contributed by atoms with Crippen LogP contribution in [0.5, 0.6) is 0 Å². The summed E-state index contributed by atoms with van der Waals surface area (Å²) >= 11 is 0. The van der Waals surface area contributed by atoms with E-state index in [4.69, 9.17) is 5.73 Å². The highest BCUT2D eigenvalue weighted by molar-refractivity contribution is 7.90. The second-order valence-corrected chi connectivity index (χ2v) is 7.27. The molecular formula is C13H27NO3S. The number of sulfone groups is 1. The third-order valence-corrected chi connectivity index (χ3v) is 3.97. The standard InChI is InChI=1S/C13H27NO3S/c1-3-4-5-6-7-8-9-13(15)12(14)10-11-18(2,16)17/h12H,3-11,14H2,1-2H3. The van der Waals surface area contributed by atoms with E-state index >= 15 is 0 Å². The number of hydrogen-bond acceptors (Lipinski definition) is 4. The first kappa shape index (κ1) is 17.6. The Bertz CT molecular complexity index is 325. The van der Waals surface area contributed by atoms with Crippen LogP contribution in [0.4, 0.5) is 0 Å². The van der Waals surface area contributed by atoms with E-state index in [-0.39, 0.29) is 18.0 Å². The van der Waals surface area contributed by atoms with Gasteiger partial charge >= 0.3 is 0 Å². The van der Waals surface area contributed by atoms with Crippen molar-refractivity contribution in [3.8, 4) is 0 Å². The van der Waals surface area contributed by atoms with Gasteiger partial charge in [0.15, 0.2) is 0 Å². The number of rotatable bonds is 11. The lowest BCUT2D eigenvalue weighted by Crippen LogP contribution is -2.32. The number of Topliss-reactive ketones (excluding diaryl/α,β-unsaturated/α-hetero) is 1. The van der Waals surface area contributed by atoms with Crippen molar-refractivity contribution in [2.24, 2.45) is 5.73 Å². The van der Waals surface area contributed by atoms with Gasteiger partial charge in [0.25, 0.3) is 0 Å². The Labute approximate surface area is 111 Å². The number of unbranched alkanes of at least 4 members (excludes halogenated alkanes) is 5. The largest absolute Gasteiger partial charge is 0.321 e. The van der Waals surface area contributed by atoms with E-state index in [1.165, 1.54) is 25.7 Å². The maximum Gasteiger partial charge on any atom is 0.149 e. The number of carbonyl (C=O) groups excluding carboxylic acids is 1. The summed E-state index contributed by atoms with van der Waals surface area (Å²) < 4.78 is 21.9. The Morgan fingerprint density at radius 3 is 2.22 bits per heavy atom. The summed E-state index contributed by atoms with van der Waals surface area (Å²) in [5.74, 6) is -0.00899. The predicted molar refractivity (Wildman–Crippen MR) is 75.3 cm³/mol. The number of ketones is 1. The Balaban J connectivity index is 3.62. The zero-order valence-electron chi connectivity index (χ0n) is 11.7. The van der Waals surface area contributed by atoms with E-state index in [0.29, 0.717) is 6.42 Å². The molecule has 0 heterocycles. The van der Waals surface area contributed by atoms with Gasteiger partial charge in [0.2, 0.25) is 0 Å². The van der Waals surface area contributed by atoms with Gasteiger partial charge in [-0.2, -0.15) is 0 Å². The molecule has 4 nitrogen and oxygen atoms in total. The SMILES string of the molecule is CCCCCCCCC(=O)C(N)CCS(C)(=O)=O. The number of nitrogens with two attached hydrogens (primary N) is 1. The monoisotopic (exact) mass is 277 g/mol. The van der Waals surface area contributed by atoms with Crippen molar-refractivity contribution < 1.29 is 13.2 Å². The van der Waals surface area contributed by atoms with Crippen LogP contribution in [-0.4, -0.2) is 32.3 Å². The molecule has 0 aliphatic heterocycles. The molecule has 5 heteroatoms. The van der Waals surface area contributed by atoms with Gasteiger partial charge in [-0.05, 0) is 12.8 Å². The van der Waals surface area contributed by atoms with Gasteiger partial charge in [-0.15, -0.1) is 0 Å². The van der Waals surface area contributed by atoms with E-state index in [9.17, 15) is 13.2 Å². The fourth-order valence-electron chi connectivity index (χ4n) is 1.77. The van der Waals surface area contributed by atoms with Crippen molar-refractivity contribution in [3.63, 3.8) is 0 Å². The molecule has 0 amide bonds. The molecule has 0 aromatic rings. The zero-order valence-corrected chi connectivity index (χ0v) is 12.5. The Kier molecular flexibility index (Phi) is 9.28. The minimum absolute atomic E-state index is 0.00356. The molecule has 1 unspecified atom stereocenters. The summed E-state index contributed by atoms with van der Waals surface area (Å²) in [5, 5.41) is 0. The normalized spacial score (nSPS) is 13.5. The maximum atomic E-state index is 11.6. The van der Waals surface area contributed by atoms with Gasteiger partial charge in [-0.1, -0.05) is 39.0 Å². The third-order valence-electron chi connectivity index (χ3n) is 2.99. The molecule has 0 fully saturated rings. The molecule has 0 saturated heterocycles. The van der Waals surface area contributed by atoms with Crippen LogP contribution >= 0.6 is 0 Å². The predicted octanol–water partition coefficient (Wildman–Crippen LogP) is 2.07. The fourth-order valence-corrected chi connectivity index (χ4v) is 2.45. The molecule has 0 radical (unpaired) electrons. The smallest absolute Gasteiger partial charge is 0.149 e. The van der Waals surface area contributed by atoms with Crippen LogP contribution in [0.25, 0.3) is 0 Å². The van der Waals surface area contributed by atoms with Crippen molar-refractivity contribution in [1.82, 2.24) is 0 Å². The van der Waals surface area contributed by atoms with Crippen molar-refractivity contribution in [3.05, 3.63) is 0 Å². The quantitative estimate of drug-likeness (QED) is 0.586. The summed E-state index contributed by atoms with van der Waals surface area (Å²) in [6.45, 7) is 2.17. The zero-order chi connectivity index (χ0) is 14.0. The van der Waals surface area contributed by atoms with Crippen molar-refractivity contribution in [2.75, 3.05) is 12.0 Å². The van der Waals surface area contributed by atoms with Crippen LogP contribution in [-0.2, 0) is 14.6 Å². The summed E-state index contributed by atoms with van der Waals surface area (Å²) in [7, 11) is -3.02. The molecule has 0 rings (SSSR count). The molecule has 0 aromatic heterocycles. The van der Waals surface area contributed by atoms with E-state index in [1.807, 2.05) is 0 Å². The van der Waals surface area contributed by atoms with Gasteiger partial charge in [-0.25, -0.2) is 8.42 Å². The van der Waals surface area contributed by atoms with Crippen LogP contribution in [0.15, 0.2) is 0 Å². The molecule has 1 atom stereocenters. The summed E-state index contributed by atoms with van der Waals surface area (Å²) in [6, 6.07) is -0.615. The minimum atomic E-state index is -3.02. The lowest BCUT2D eigenvalue weighted by molar-refractivity contribution is -0.120. The second-order valence-electron chi connectivity index (χ2n) is 5.01. The van der Waals surface area contributed by atoms with Gasteiger partial charge in [0.05, 0.1) is 11.8 Å². The highest BCUT2D eigenvalue weighted by atomic mass is 32.2. The van der Waals surface area contributed by atoms with E-state index in [2.05, 4.69) is 6.92 Å². The van der Waals surface area contributed by atoms with Crippen LogP contribution in [0.2, 0.25) is 0 Å². The summed E-state index contributed by atoms with van der Waals surface area (Å²) in [6.07, 6.45) is 8.68. The topological polar surface area (TPSA) is 77.2 Å². The fraction of sp³-hybridized carbons (Fsp3) is 0.923. The molecule has 0 aliphatic carbocycles. The van der Waals surface area contributed by atoms with Crippen molar-refractivity contribution in [1.29, 1.82) is 0 Å². The van der Waals surface area contributed by atoms with E-state index in [1.54, 1.807) is 0 Å². The molecule has 0 aromatic carbocycles. The Morgan fingerprint density at radius 1 is 1.11 bits per heavy atom. The third kappa shape index (κ3) is 10.7. The average molecular weight is 277 g/mol. The van der Waals surface area contributed by atoms with Crippen LogP contribution in [0.1, 0.15) is 58.3 Å². The summed E-state index contributed by atoms with van der Waals surface area (Å²) in [4.78, 5) is 11.6. The average Bonchev–Trinajstić information content (AvgIpc) is 2.29. The van der Waals surface area contributed by atoms with Crippen LogP contribution < -0.4 is 5.73 Å².